The number of hydrogen-bond donors (Lipinski definition) is 1. The van der Waals surface area contributed by atoms with E-state index < -0.39 is 5.24 Å². The lowest BCUT2D eigenvalue weighted by Gasteiger charge is -2.02. The number of benzene rings is 2. The van der Waals surface area contributed by atoms with Crippen molar-refractivity contribution in [2.45, 2.75) is 6.54 Å². The van der Waals surface area contributed by atoms with Gasteiger partial charge in [0, 0.05) is 5.56 Å². The Balaban J connectivity index is 2.02. The molecule has 0 amide bonds. The predicted molar refractivity (Wildman–Crippen MR) is 77.5 cm³/mol. The number of aromatic nitrogens is 1. The summed E-state index contributed by atoms with van der Waals surface area (Å²) in [5, 5.41) is -0.463. The summed E-state index contributed by atoms with van der Waals surface area (Å²) in [5.41, 5.74) is 9.40. The molecule has 0 aliphatic rings. The zero-order chi connectivity index (χ0) is 14.1. The zero-order valence-electron chi connectivity index (χ0n) is 10.5. The molecule has 5 heteroatoms. The fourth-order valence-corrected chi connectivity index (χ4v) is 2.16. The quantitative estimate of drug-likeness (QED) is 0.750. The monoisotopic (exact) mass is 286 g/mol. The highest BCUT2D eigenvalue weighted by Crippen LogP contribution is 2.25. The van der Waals surface area contributed by atoms with Crippen LogP contribution in [-0.2, 0) is 6.54 Å². The van der Waals surface area contributed by atoms with Crippen LogP contribution in [0.5, 0.6) is 0 Å². The zero-order valence-corrected chi connectivity index (χ0v) is 11.2. The number of nitrogens with two attached hydrogens (primary N) is 1. The maximum atomic E-state index is 11.0. The van der Waals surface area contributed by atoms with Crippen molar-refractivity contribution in [2.24, 2.45) is 5.73 Å². The average Bonchev–Trinajstić information content (AvgIpc) is 2.89. The van der Waals surface area contributed by atoms with Crippen molar-refractivity contribution in [1.29, 1.82) is 0 Å². The average molecular weight is 287 g/mol. The van der Waals surface area contributed by atoms with Gasteiger partial charge in [-0.1, -0.05) is 18.2 Å². The topological polar surface area (TPSA) is 69.1 Å². The van der Waals surface area contributed by atoms with Gasteiger partial charge in [0.25, 0.3) is 5.24 Å². The Morgan fingerprint density at radius 2 is 1.85 bits per heavy atom. The minimum atomic E-state index is -0.463. The second-order valence-corrected chi connectivity index (χ2v) is 4.69. The van der Waals surface area contributed by atoms with Gasteiger partial charge < -0.3 is 10.2 Å². The number of halogens is 1. The van der Waals surface area contributed by atoms with Gasteiger partial charge in [-0.25, -0.2) is 4.98 Å². The van der Waals surface area contributed by atoms with Gasteiger partial charge in [0.05, 0.1) is 6.54 Å². The summed E-state index contributed by atoms with van der Waals surface area (Å²) in [6.45, 7) is 0.274. The Labute approximate surface area is 120 Å². The van der Waals surface area contributed by atoms with Crippen molar-refractivity contribution in [2.75, 3.05) is 0 Å². The highest BCUT2D eigenvalue weighted by atomic mass is 35.5. The molecule has 0 radical (unpaired) electrons. The molecule has 0 saturated carbocycles. The van der Waals surface area contributed by atoms with Crippen molar-refractivity contribution in [3.8, 4) is 11.1 Å². The van der Waals surface area contributed by atoms with Crippen molar-refractivity contribution in [3.05, 3.63) is 53.9 Å². The lowest BCUT2D eigenvalue weighted by Crippen LogP contribution is -1.94. The molecule has 2 N–H and O–H groups in total. The molecule has 0 spiro atoms. The normalized spacial score (nSPS) is 10.9. The number of carbonyl (C=O) groups is 1. The first kappa shape index (κ1) is 12.8. The summed E-state index contributed by atoms with van der Waals surface area (Å²) in [6.07, 6.45) is 0. The SMILES string of the molecule is NCc1nc2ccc(-c3ccc(C(=O)Cl)cc3)cc2o1. The van der Waals surface area contributed by atoms with Crippen molar-refractivity contribution in [1.82, 2.24) is 4.98 Å². The van der Waals surface area contributed by atoms with Crippen molar-refractivity contribution >= 4 is 27.9 Å². The predicted octanol–water partition coefficient (Wildman–Crippen LogP) is 3.33. The van der Waals surface area contributed by atoms with Crippen LogP contribution >= 0.6 is 11.6 Å². The smallest absolute Gasteiger partial charge is 0.252 e. The van der Waals surface area contributed by atoms with Gasteiger partial charge in [-0.2, -0.15) is 0 Å². The summed E-state index contributed by atoms with van der Waals surface area (Å²) in [5.74, 6) is 0.514. The standard InChI is InChI=1S/C15H11ClN2O2/c16-15(19)10-3-1-9(2-4-10)11-5-6-12-13(7-11)20-14(8-17)18-12/h1-7H,8,17H2. The maximum absolute atomic E-state index is 11.0. The summed E-state index contributed by atoms with van der Waals surface area (Å²) in [6, 6.07) is 12.8. The summed E-state index contributed by atoms with van der Waals surface area (Å²) in [4.78, 5) is 15.3. The Hall–Kier alpha value is -2.17. The van der Waals surface area contributed by atoms with Crippen LogP contribution in [0.15, 0.2) is 46.9 Å². The molecule has 100 valence electrons. The second-order valence-electron chi connectivity index (χ2n) is 4.35. The summed E-state index contributed by atoms with van der Waals surface area (Å²) < 4.78 is 5.53. The molecule has 0 aliphatic heterocycles. The van der Waals surface area contributed by atoms with Crippen LogP contribution in [0, 0.1) is 0 Å². The number of fused-ring (bicyclic) bond motifs is 1. The van der Waals surface area contributed by atoms with Crippen LogP contribution in [0.3, 0.4) is 0 Å². The Morgan fingerprint density at radius 1 is 1.15 bits per heavy atom. The van der Waals surface area contributed by atoms with Gasteiger partial charge in [-0.3, -0.25) is 4.79 Å². The molecule has 20 heavy (non-hydrogen) atoms. The molecular formula is C15H11ClN2O2. The lowest BCUT2D eigenvalue weighted by atomic mass is 10.0. The van der Waals surface area contributed by atoms with E-state index in [2.05, 4.69) is 4.98 Å². The van der Waals surface area contributed by atoms with Crippen molar-refractivity contribution in [3.63, 3.8) is 0 Å². The molecule has 1 aromatic heterocycles. The van der Waals surface area contributed by atoms with E-state index in [1.54, 1.807) is 12.1 Å². The first-order chi connectivity index (χ1) is 9.67. The van der Waals surface area contributed by atoms with Crippen molar-refractivity contribution < 1.29 is 9.21 Å². The number of rotatable bonds is 3. The van der Waals surface area contributed by atoms with Gasteiger partial charge in [0.1, 0.15) is 5.52 Å². The molecule has 4 nitrogen and oxygen atoms in total. The van der Waals surface area contributed by atoms with E-state index in [1.165, 1.54) is 0 Å². The van der Waals surface area contributed by atoms with E-state index >= 15 is 0 Å². The van der Waals surface area contributed by atoms with E-state index in [9.17, 15) is 4.79 Å². The van der Waals surface area contributed by atoms with Crippen LogP contribution in [-0.4, -0.2) is 10.2 Å². The van der Waals surface area contributed by atoms with E-state index in [1.807, 2.05) is 30.3 Å². The van der Waals surface area contributed by atoms with Gasteiger partial charge in [0.2, 0.25) is 5.89 Å². The van der Waals surface area contributed by atoms with Gasteiger partial charge in [0.15, 0.2) is 5.58 Å². The molecule has 0 saturated heterocycles. The molecule has 0 unspecified atom stereocenters. The molecule has 1 heterocycles. The molecule has 2 aromatic carbocycles. The molecule has 3 aromatic rings. The van der Waals surface area contributed by atoms with Gasteiger partial charge >= 0.3 is 0 Å². The third-order valence-corrected chi connectivity index (χ3v) is 3.27. The molecule has 0 aliphatic carbocycles. The highest BCUT2D eigenvalue weighted by Gasteiger charge is 2.07. The largest absolute Gasteiger partial charge is 0.439 e. The van der Waals surface area contributed by atoms with Gasteiger partial charge in [-0.05, 0) is 47.0 Å². The van der Waals surface area contributed by atoms with Gasteiger partial charge in [-0.15, -0.1) is 0 Å². The first-order valence-electron chi connectivity index (χ1n) is 6.07. The van der Waals surface area contributed by atoms with E-state index in [0.717, 1.165) is 16.6 Å². The molecule has 0 atom stereocenters. The summed E-state index contributed by atoms with van der Waals surface area (Å²) >= 11 is 5.42. The number of oxazole rings is 1. The Bertz CT molecular complexity index is 778. The fourth-order valence-electron chi connectivity index (χ4n) is 2.03. The fraction of sp³-hybridized carbons (Fsp3) is 0.0667. The van der Waals surface area contributed by atoms with E-state index in [4.69, 9.17) is 21.8 Å². The Kier molecular flexibility index (Phi) is 3.26. The third kappa shape index (κ3) is 2.31. The number of hydrogen-bond acceptors (Lipinski definition) is 4. The minimum absolute atomic E-state index is 0.274. The van der Waals surface area contributed by atoms with Crippen LogP contribution < -0.4 is 5.73 Å². The lowest BCUT2D eigenvalue weighted by molar-refractivity contribution is 0.108. The number of nitrogens with zero attached hydrogens (tertiary/aromatic N) is 1. The molecule has 0 bridgehead atoms. The third-order valence-electron chi connectivity index (χ3n) is 3.05. The van der Waals surface area contributed by atoms with Crippen LogP contribution in [0.4, 0.5) is 0 Å². The summed E-state index contributed by atoms with van der Waals surface area (Å²) in [7, 11) is 0. The van der Waals surface area contributed by atoms with Crippen LogP contribution in [0.25, 0.3) is 22.2 Å². The van der Waals surface area contributed by atoms with E-state index in [0.29, 0.717) is 17.0 Å². The first-order valence-corrected chi connectivity index (χ1v) is 6.45. The Morgan fingerprint density at radius 3 is 2.50 bits per heavy atom. The van der Waals surface area contributed by atoms with Crippen LogP contribution in [0.2, 0.25) is 0 Å². The van der Waals surface area contributed by atoms with E-state index in [-0.39, 0.29) is 6.54 Å². The molecule has 0 fully saturated rings. The second kappa shape index (κ2) is 5.07. The highest BCUT2D eigenvalue weighted by molar-refractivity contribution is 6.67. The van der Waals surface area contributed by atoms with Crippen LogP contribution in [0.1, 0.15) is 16.2 Å². The molecular weight excluding hydrogens is 276 g/mol. The minimum Gasteiger partial charge on any atom is -0.439 e. The number of carbonyl (C=O) groups excluding carboxylic acids is 1. The molecule has 3 rings (SSSR count). The maximum Gasteiger partial charge on any atom is 0.252 e.